The smallest absolute Gasteiger partial charge is 0.416 e. The predicted molar refractivity (Wildman–Crippen MR) is 144 cm³/mol. The molecule has 0 bridgehead atoms. The molecule has 210 valence electrons. The third-order valence-corrected chi connectivity index (χ3v) is 7.15. The second-order valence-corrected chi connectivity index (χ2v) is 9.45. The van der Waals surface area contributed by atoms with Gasteiger partial charge in [-0.2, -0.15) is 13.2 Å². The number of aliphatic imine (C=N–C) groups is 1. The topological polar surface area (TPSA) is 57.6 Å². The van der Waals surface area contributed by atoms with Gasteiger partial charge in [-0.3, -0.25) is 4.79 Å². The summed E-state index contributed by atoms with van der Waals surface area (Å²) < 4.78 is 67.1. The van der Waals surface area contributed by atoms with Crippen LogP contribution in [0.15, 0.2) is 71.7 Å². The van der Waals surface area contributed by atoms with E-state index in [1.54, 1.807) is 11.0 Å². The zero-order valence-corrected chi connectivity index (χ0v) is 22.0. The van der Waals surface area contributed by atoms with Crippen LogP contribution in [0.1, 0.15) is 23.6 Å². The Balaban J connectivity index is 1.64. The molecular weight excluding hydrogens is 528 g/mol. The fraction of sp³-hybridized carbons (Fsp3) is 0.310. The van der Waals surface area contributed by atoms with E-state index in [1.165, 1.54) is 32.4 Å². The highest BCUT2D eigenvalue weighted by Gasteiger charge is 2.40. The molecule has 0 aliphatic carbocycles. The van der Waals surface area contributed by atoms with Crippen molar-refractivity contribution in [3.8, 4) is 5.75 Å². The summed E-state index contributed by atoms with van der Waals surface area (Å²) in [5.74, 6) is -0.815. The Kier molecular flexibility index (Phi) is 7.55. The number of carbonyl (C=O) groups is 1. The van der Waals surface area contributed by atoms with Crippen molar-refractivity contribution in [1.82, 2.24) is 4.90 Å². The number of hydrogen-bond acceptors (Lipinski definition) is 7. The highest BCUT2D eigenvalue weighted by molar-refractivity contribution is 6.02. The maximum absolute atomic E-state index is 15.1. The minimum atomic E-state index is -4.63. The third-order valence-electron chi connectivity index (χ3n) is 7.15. The number of piperazine rings is 1. The molecular formula is C29H28F4N4O3. The van der Waals surface area contributed by atoms with Gasteiger partial charge in [0, 0.05) is 37.4 Å². The summed E-state index contributed by atoms with van der Waals surface area (Å²) in [6, 6.07) is 16.5. The van der Waals surface area contributed by atoms with E-state index in [2.05, 4.69) is 9.89 Å². The molecule has 1 unspecified atom stereocenters. The van der Waals surface area contributed by atoms with Crippen LogP contribution in [0, 0.1) is 5.82 Å². The van der Waals surface area contributed by atoms with Gasteiger partial charge in [0.25, 0.3) is 0 Å². The lowest BCUT2D eigenvalue weighted by atomic mass is 9.96. The van der Waals surface area contributed by atoms with Gasteiger partial charge >= 0.3 is 12.1 Å². The van der Waals surface area contributed by atoms with Crippen molar-refractivity contribution in [3.63, 3.8) is 0 Å². The Morgan fingerprint density at radius 2 is 1.65 bits per heavy atom. The van der Waals surface area contributed by atoms with Crippen LogP contribution in [0.4, 0.5) is 34.6 Å². The van der Waals surface area contributed by atoms with E-state index in [-0.39, 0.29) is 29.5 Å². The monoisotopic (exact) mass is 556 g/mol. The highest BCUT2D eigenvalue weighted by Crippen LogP contribution is 2.46. The van der Waals surface area contributed by atoms with Crippen molar-refractivity contribution in [2.45, 2.75) is 18.6 Å². The molecule has 40 heavy (non-hydrogen) atoms. The number of fused-ring (bicyclic) bond motifs is 1. The lowest BCUT2D eigenvalue weighted by Gasteiger charge is -2.45. The van der Waals surface area contributed by atoms with E-state index < -0.39 is 29.6 Å². The summed E-state index contributed by atoms with van der Waals surface area (Å²) in [6.07, 6.45) is -4.88. The van der Waals surface area contributed by atoms with Gasteiger partial charge < -0.3 is 24.2 Å². The minimum absolute atomic E-state index is 0.0408. The van der Waals surface area contributed by atoms with Crippen molar-refractivity contribution in [2.24, 2.45) is 4.99 Å². The molecule has 5 rings (SSSR count). The average Bonchev–Trinajstić information content (AvgIpc) is 2.97. The van der Waals surface area contributed by atoms with Crippen molar-refractivity contribution in [1.29, 1.82) is 0 Å². The Morgan fingerprint density at radius 3 is 2.30 bits per heavy atom. The summed E-state index contributed by atoms with van der Waals surface area (Å²) in [5, 5.41) is 0. The Hall–Kier alpha value is -4.28. The minimum Gasteiger partial charge on any atom is -0.495 e. The van der Waals surface area contributed by atoms with Crippen molar-refractivity contribution in [2.75, 3.05) is 50.2 Å². The number of anilines is 2. The number of nitrogens with zero attached hydrogens (tertiary/aromatic N) is 4. The number of ether oxygens (including phenoxy) is 2. The van der Waals surface area contributed by atoms with E-state index in [9.17, 15) is 18.0 Å². The van der Waals surface area contributed by atoms with Crippen LogP contribution in [0.25, 0.3) is 0 Å². The van der Waals surface area contributed by atoms with Crippen LogP contribution in [-0.4, -0.2) is 57.2 Å². The maximum Gasteiger partial charge on any atom is 0.416 e. The number of esters is 1. The standard InChI is InChI=1S/C29H28F4N4O3/c1-39-25-12-11-19(29(31,32)33)17-24(25)37-23(18-26(38)40-2)21-9-6-10-22(30)27(21)34-28(37)36-15-13-35(14-16-36)20-7-4-3-5-8-20/h3-12,17,23H,13-16,18H2,1-2H3. The number of guanidine groups is 1. The number of rotatable bonds is 5. The molecule has 2 aliphatic rings. The van der Waals surface area contributed by atoms with Gasteiger partial charge in [-0.25, -0.2) is 9.38 Å². The summed E-state index contributed by atoms with van der Waals surface area (Å²) in [6.45, 7) is 2.12. The van der Waals surface area contributed by atoms with Crippen LogP contribution in [0.2, 0.25) is 0 Å². The molecule has 1 atom stereocenters. The molecule has 1 saturated heterocycles. The molecule has 3 aromatic carbocycles. The molecule has 1 fully saturated rings. The van der Waals surface area contributed by atoms with Crippen LogP contribution in [0.3, 0.4) is 0 Å². The van der Waals surface area contributed by atoms with Crippen LogP contribution in [-0.2, 0) is 15.7 Å². The third kappa shape index (κ3) is 5.28. The van der Waals surface area contributed by atoms with E-state index in [0.717, 1.165) is 17.8 Å². The Labute approximate surface area is 229 Å². The summed E-state index contributed by atoms with van der Waals surface area (Å²) >= 11 is 0. The molecule has 0 aromatic heterocycles. The number of alkyl halides is 3. The number of benzene rings is 3. The highest BCUT2D eigenvalue weighted by atomic mass is 19.4. The first-order valence-electron chi connectivity index (χ1n) is 12.7. The molecule has 2 heterocycles. The van der Waals surface area contributed by atoms with Crippen molar-refractivity contribution >= 4 is 29.0 Å². The predicted octanol–water partition coefficient (Wildman–Crippen LogP) is 5.79. The number of carbonyl (C=O) groups excluding carboxylic acids is 1. The largest absolute Gasteiger partial charge is 0.495 e. The molecule has 0 radical (unpaired) electrons. The zero-order valence-electron chi connectivity index (χ0n) is 22.0. The number of para-hydroxylation sites is 2. The van der Waals surface area contributed by atoms with Gasteiger partial charge in [-0.15, -0.1) is 0 Å². The maximum atomic E-state index is 15.1. The summed E-state index contributed by atoms with van der Waals surface area (Å²) in [4.78, 5) is 22.9. The summed E-state index contributed by atoms with van der Waals surface area (Å²) in [5.41, 5.74) is 0.614. The van der Waals surface area contributed by atoms with Crippen molar-refractivity contribution < 1.29 is 31.8 Å². The van der Waals surface area contributed by atoms with Crippen LogP contribution < -0.4 is 14.5 Å². The molecule has 11 heteroatoms. The lowest BCUT2D eigenvalue weighted by Crippen LogP contribution is -2.55. The van der Waals surface area contributed by atoms with Crippen molar-refractivity contribution in [3.05, 3.63) is 83.7 Å². The van der Waals surface area contributed by atoms with Gasteiger partial charge in [0.1, 0.15) is 17.3 Å². The van der Waals surface area contributed by atoms with E-state index in [4.69, 9.17) is 9.47 Å². The van der Waals surface area contributed by atoms with Gasteiger partial charge in [-0.1, -0.05) is 30.3 Å². The lowest BCUT2D eigenvalue weighted by molar-refractivity contribution is -0.141. The van der Waals surface area contributed by atoms with E-state index >= 15 is 4.39 Å². The van der Waals surface area contributed by atoms with Crippen LogP contribution in [0.5, 0.6) is 5.75 Å². The Bertz CT molecular complexity index is 1410. The fourth-order valence-electron chi connectivity index (χ4n) is 5.15. The van der Waals surface area contributed by atoms with Crippen LogP contribution >= 0.6 is 0 Å². The van der Waals surface area contributed by atoms with Gasteiger partial charge in [0.05, 0.1) is 37.9 Å². The molecule has 3 aromatic rings. The van der Waals surface area contributed by atoms with Gasteiger partial charge in [-0.05, 0) is 36.4 Å². The molecule has 0 N–H and O–H groups in total. The van der Waals surface area contributed by atoms with E-state index in [1.807, 2.05) is 35.2 Å². The first kappa shape index (κ1) is 27.3. The number of methoxy groups -OCH3 is 2. The summed E-state index contributed by atoms with van der Waals surface area (Å²) in [7, 11) is 2.58. The quantitative estimate of drug-likeness (QED) is 0.293. The molecule has 2 aliphatic heterocycles. The number of hydrogen-bond donors (Lipinski definition) is 0. The molecule has 7 nitrogen and oxygen atoms in total. The van der Waals surface area contributed by atoms with Gasteiger partial charge in [0.15, 0.2) is 0 Å². The first-order valence-corrected chi connectivity index (χ1v) is 12.7. The molecule has 0 saturated carbocycles. The van der Waals surface area contributed by atoms with E-state index in [0.29, 0.717) is 31.7 Å². The Morgan fingerprint density at radius 1 is 0.950 bits per heavy atom. The zero-order chi connectivity index (χ0) is 28.4. The second-order valence-electron chi connectivity index (χ2n) is 9.45. The second kappa shape index (κ2) is 11.1. The first-order chi connectivity index (χ1) is 19.2. The molecule has 0 spiro atoms. The van der Waals surface area contributed by atoms with Gasteiger partial charge in [0.2, 0.25) is 5.96 Å². The fourth-order valence-corrected chi connectivity index (χ4v) is 5.15. The normalized spacial score (nSPS) is 17.3. The average molecular weight is 557 g/mol. The molecule has 0 amide bonds. The SMILES string of the molecule is COC(=O)CC1c2cccc(F)c2N=C(N2CCN(c3ccccc3)CC2)N1c1cc(C(F)(F)F)ccc1OC. The number of halogens is 4.